The van der Waals surface area contributed by atoms with Gasteiger partial charge in [0.2, 0.25) is 5.91 Å². The minimum atomic E-state index is -0.347. The van der Waals surface area contributed by atoms with Crippen LogP contribution in [-0.2, 0) is 17.8 Å². The van der Waals surface area contributed by atoms with Crippen molar-refractivity contribution < 1.29 is 4.79 Å². The first-order valence-corrected chi connectivity index (χ1v) is 5.44. The molecule has 0 saturated heterocycles. The first-order chi connectivity index (χ1) is 7.25. The SMILES string of the molecule is NC(=O)Cn1ccnc1Cc1cccs1. The molecule has 0 spiro atoms. The van der Waals surface area contributed by atoms with Crippen LogP contribution < -0.4 is 5.73 Å². The summed E-state index contributed by atoms with van der Waals surface area (Å²) in [5.41, 5.74) is 5.14. The third-order valence-corrected chi connectivity index (χ3v) is 2.92. The van der Waals surface area contributed by atoms with E-state index in [2.05, 4.69) is 4.98 Å². The maximum atomic E-state index is 10.8. The quantitative estimate of drug-likeness (QED) is 0.838. The number of aromatic nitrogens is 2. The lowest BCUT2D eigenvalue weighted by molar-refractivity contribution is -0.118. The van der Waals surface area contributed by atoms with Crippen molar-refractivity contribution in [2.45, 2.75) is 13.0 Å². The molecule has 2 N–H and O–H groups in total. The summed E-state index contributed by atoms with van der Waals surface area (Å²) in [6.45, 7) is 0.195. The summed E-state index contributed by atoms with van der Waals surface area (Å²) in [7, 11) is 0. The number of nitrogens with zero attached hydrogens (tertiary/aromatic N) is 2. The molecule has 5 heteroatoms. The summed E-state index contributed by atoms with van der Waals surface area (Å²) in [6.07, 6.45) is 4.21. The molecule has 0 unspecified atom stereocenters. The second-order valence-electron chi connectivity index (χ2n) is 3.19. The highest BCUT2D eigenvalue weighted by atomic mass is 32.1. The number of rotatable bonds is 4. The molecule has 0 bridgehead atoms. The van der Waals surface area contributed by atoms with Crippen molar-refractivity contribution in [3.63, 3.8) is 0 Å². The molecule has 0 aliphatic carbocycles. The van der Waals surface area contributed by atoms with Crippen molar-refractivity contribution in [3.8, 4) is 0 Å². The van der Waals surface area contributed by atoms with Gasteiger partial charge in [-0.3, -0.25) is 4.79 Å². The highest BCUT2D eigenvalue weighted by Crippen LogP contribution is 2.13. The second kappa shape index (κ2) is 4.27. The van der Waals surface area contributed by atoms with E-state index >= 15 is 0 Å². The summed E-state index contributed by atoms with van der Waals surface area (Å²) in [5, 5.41) is 2.02. The number of imidazole rings is 1. The Morgan fingerprint density at radius 3 is 3.13 bits per heavy atom. The van der Waals surface area contributed by atoms with Crippen LogP contribution in [0.4, 0.5) is 0 Å². The number of carbonyl (C=O) groups excluding carboxylic acids is 1. The van der Waals surface area contributed by atoms with Gasteiger partial charge < -0.3 is 10.3 Å². The molecule has 2 rings (SSSR count). The minimum Gasteiger partial charge on any atom is -0.368 e. The Bertz CT molecular complexity index is 447. The molecule has 2 aromatic rings. The molecule has 4 nitrogen and oxygen atoms in total. The molecular formula is C10H11N3OS. The van der Waals surface area contributed by atoms with Crippen LogP contribution in [0.3, 0.4) is 0 Å². The Kier molecular flexibility index (Phi) is 2.82. The van der Waals surface area contributed by atoms with Gasteiger partial charge >= 0.3 is 0 Å². The summed E-state index contributed by atoms with van der Waals surface area (Å²) in [4.78, 5) is 16.2. The van der Waals surface area contributed by atoms with Gasteiger partial charge in [0, 0.05) is 23.7 Å². The monoisotopic (exact) mass is 221 g/mol. The van der Waals surface area contributed by atoms with Gasteiger partial charge in [-0.25, -0.2) is 4.98 Å². The van der Waals surface area contributed by atoms with Crippen molar-refractivity contribution >= 4 is 17.2 Å². The Hall–Kier alpha value is -1.62. The van der Waals surface area contributed by atoms with Crippen LogP contribution in [0, 0.1) is 0 Å². The summed E-state index contributed by atoms with van der Waals surface area (Å²) in [6, 6.07) is 4.05. The standard InChI is InChI=1S/C10H11N3OS/c11-9(14)7-13-4-3-12-10(13)6-8-2-1-5-15-8/h1-5H,6-7H2,(H2,11,14). The van der Waals surface area contributed by atoms with Gasteiger partial charge in [-0.15, -0.1) is 11.3 Å². The fourth-order valence-corrected chi connectivity index (χ4v) is 2.09. The number of thiophene rings is 1. The molecule has 2 heterocycles. The first kappa shape index (κ1) is 9.92. The van der Waals surface area contributed by atoms with Crippen LogP contribution in [0.2, 0.25) is 0 Å². The lowest BCUT2D eigenvalue weighted by Gasteiger charge is -2.03. The molecule has 0 atom stereocenters. The van der Waals surface area contributed by atoms with E-state index in [0.29, 0.717) is 0 Å². The first-order valence-electron chi connectivity index (χ1n) is 4.56. The molecule has 0 aliphatic heterocycles. The second-order valence-corrected chi connectivity index (χ2v) is 4.23. The van der Waals surface area contributed by atoms with Crippen LogP contribution in [-0.4, -0.2) is 15.5 Å². The van der Waals surface area contributed by atoms with Crippen molar-refractivity contribution in [1.29, 1.82) is 0 Å². The molecule has 0 fully saturated rings. The van der Waals surface area contributed by atoms with E-state index in [1.807, 2.05) is 17.5 Å². The topological polar surface area (TPSA) is 60.9 Å². The molecule has 1 amide bonds. The summed E-state index contributed by atoms with van der Waals surface area (Å²) in [5.74, 6) is 0.525. The molecular weight excluding hydrogens is 210 g/mol. The third kappa shape index (κ3) is 2.44. The van der Waals surface area contributed by atoms with Crippen molar-refractivity contribution in [3.05, 3.63) is 40.6 Å². The van der Waals surface area contributed by atoms with E-state index in [-0.39, 0.29) is 12.5 Å². The molecule has 2 aromatic heterocycles. The minimum absolute atomic E-state index is 0.195. The van der Waals surface area contributed by atoms with E-state index in [9.17, 15) is 4.79 Å². The highest BCUT2D eigenvalue weighted by Gasteiger charge is 2.06. The number of hydrogen-bond acceptors (Lipinski definition) is 3. The lowest BCUT2D eigenvalue weighted by Crippen LogP contribution is -2.19. The van der Waals surface area contributed by atoms with Crippen molar-refractivity contribution in [2.75, 3.05) is 0 Å². The molecule has 0 aromatic carbocycles. The van der Waals surface area contributed by atoms with Gasteiger partial charge in [0.05, 0.1) is 0 Å². The largest absolute Gasteiger partial charge is 0.368 e. The average molecular weight is 221 g/mol. The smallest absolute Gasteiger partial charge is 0.237 e. The lowest BCUT2D eigenvalue weighted by atomic mass is 10.3. The van der Waals surface area contributed by atoms with Gasteiger partial charge in [-0.2, -0.15) is 0 Å². The van der Waals surface area contributed by atoms with E-state index in [4.69, 9.17) is 5.73 Å². The number of hydrogen-bond donors (Lipinski definition) is 1. The van der Waals surface area contributed by atoms with Crippen molar-refractivity contribution in [1.82, 2.24) is 9.55 Å². The number of carbonyl (C=O) groups is 1. The van der Waals surface area contributed by atoms with Crippen LogP contribution in [0.5, 0.6) is 0 Å². The van der Waals surface area contributed by atoms with E-state index in [1.165, 1.54) is 4.88 Å². The van der Waals surface area contributed by atoms with Crippen LogP contribution >= 0.6 is 11.3 Å². The number of nitrogens with two attached hydrogens (primary N) is 1. The van der Waals surface area contributed by atoms with Gasteiger partial charge in [0.25, 0.3) is 0 Å². The zero-order valence-corrected chi connectivity index (χ0v) is 8.91. The zero-order chi connectivity index (χ0) is 10.7. The Labute approximate surface area is 91.4 Å². The highest BCUT2D eigenvalue weighted by molar-refractivity contribution is 7.09. The fraction of sp³-hybridized carbons (Fsp3) is 0.200. The van der Waals surface area contributed by atoms with Crippen LogP contribution in [0.25, 0.3) is 0 Å². The Balaban J connectivity index is 2.14. The third-order valence-electron chi connectivity index (χ3n) is 2.04. The summed E-state index contributed by atoms with van der Waals surface area (Å²) >= 11 is 1.68. The van der Waals surface area contributed by atoms with Crippen LogP contribution in [0.15, 0.2) is 29.9 Å². The van der Waals surface area contributed by atoms with Crippen LogP contribution in [0.1, 0.15) is 10.7 Å². The van der Waals surface area contributed by atoms with Gasteiger partial charge in [0.15, 0.2) is 0 Å². The predicted octanol–water partition coefficient (Wildman–Crippen LogP) is 1.02. The van der Waals surface area contributed by atoms with Gasteiger partial charge in [0.1, 0.15) is 12.4 Å². The number of amides is 1. The maximum Gasteiger partial charge on any atom is 0.237 e. The normalized spacial score (nSPS) is 10.4. The molecule has 0 saturated carbocycles. The zero-order valence-electron chi connectivity index (χ0n) is 8.09. The van der Waals surface area contributed by atoms with E-state index in [0.717, 1.165) is 12.2 Å². The van der Waals surface area contributed by atoms with Gasteiger partial charge in [-0.1, -0.05) is 6.07 Å². The van der Waals surface area contributed by atoms with E-state index in [1.54, 1.807) is 28.3 Å². The summed E-state index contributed by atoms with van der Waals surface area (Å²) < 4.78 is 1.78. The van der Waals surface area contributed by atoms with Crippen molar-refractivity contribution in [2.24, 2.45) is 5.73 Å². The molecule has 0 aliphatic rings. The molecule has 0 radical (unpaired) electrons. The molecule has 15 heavy (non-hydrogen) atoms. The molecule has 78 valence electrons. The van der Waals surface area contributed by atoms with E-state index < -0.39 is 0 Å². The predicted molar refractivity (Wildman–Crippen MR) is 58.5 cm³/mol. The van der Waals surface area contributed by atoms with Gasteiger partial charge in [-0.05, 0) is 11.4 Å². The fourth-order valence-electron chi connectivity index (χ4n) is 1.39. The average Bonchev–Trinajstić information content (AvgIpc) is 2.78. The Morgan fingerprint density at radius 1 is 1.60 bits per heavy atom. The Morgan fingerprint density at radius 2 is 2.47 bits per heavy atom. The number of primary amides is 1. The maximum absolute atomic E-state index is 10.8.